The monoisotopic (exact) mass is 191 g/mol. The lowest BCUT2D eigenvalue weighted by Gasteiger charge is -2.20. The molecule has 0 saturated heterocycles. The molecule has 1 nitrogen and oxygen atoms in total. The Hall–Kier alpha value is -0.820. The van der Waals surface area contributed by atoms with E-state index in [0.717, 1.165) is 6.42 Å². The van der Waals surface area contributed by atoms with Gasteiger partial charge in [0.2, 0.25) is 0 Å². The number of benzene rings is 1. The van der Waals surface area contributed by atoms with Crippen LogP contribution in [0.2, 0.25) is 0 Å². The fourth-order valence-corrected chi connectivity index (χ4v) is 2.29. The van der Waals surface area contributed by atoms with E-state index in [0.29, 0.717) is 6.04 Å². The first-order chi connectivity index (χ1) is 6.60. The minimum absolute atomic E-state index is 0.496. The van der Waals surface area contributed by atoms with E-state index in [4.69, 9.17) is 0 Å². The lowest BCUT2D eigenvalue weighted by atomic mass is 9.93. The molecular formula is C13H21N. The van der Waals surface area contributed by atoms with E-state index < -0.39 is 0 Å². The van der Waals surface area contributed by atoms with E-state index in [1.807, 2.05) is 7.05 Å². The molecule has 78 valence electrons. The smallest absolute Gasteiger partial charge is 0.0320 e. The number of hydrogen-bond donors (Lipinski definition) is 1. The molecule has 0 spiro atoms. The van der Waals surface area contributed by atoms with E-state index in [-0.39, 0.29) is 0 Å². The molecule has 1 atom stereocenters. The van der Waals surface area contributed by atoms with Crippen molar-refractivity contribution in [3.63, 3.8) is 0 Å². The molecule has 1 rings (SSSR count). The third-order valence-electron chi connectivity index (χ3n) is 2.84. The van der Waals surface area contributed by atoms with Crippen molar-refractivity contribution in [2.75, 3.05) is 7.05 Å². The van der Waals surface area contributed by atoms with Gasteiger partial charge in [0.1, 0.15) is 0 Å². The maximum Gasteiger partial charge on any atom is 0.0320 e. The normalized spacial score (nSPS) is 12.9. The fourth-order valence-electron chi connectivity index (χ4n) is 2.29. The van der Waals surface area contributed by atoms with Crippen LogP contribution in [0.25, 0.3) is 0 Å². The number of hydrogen-bond acceptors (Lipinski definition) is 1. The quantitative estimate of drug-likeness (QED) is 0.773. The summed E-state index contributed by atoms with van der Waals surface area (Å²) in [5, 5.41) is 3.37. The van der Waals surface area contributed by atoms with Crippen LogP contribution in [0.5, 0.6) is 0 Å². The second-order valence-electron chi connectivity index (χ2n) is 4.06. The maximum atomic E-state index is 3.37. The Kier molecular flexibility index (Phi) is 3.70. The highest BCUT2D eigenvalue weighted by atomic mass is 14.9. The van der Waals surface area contributed by atoms with Gasteiger partial charge in [-0.05, 0) is 50.9 Å². The molecule has 0 aromatic heterocycles. The van der Waals surface area contributed by atoms with E-state index in [1.165, 1.54) is 22.3 Å². The fraction of sp³-hybridized carbons (Fsp3) is 0.538. The van der Waals surface area contributed by atoms with Gasteiger partial charge in [-0.15, -0.1) is 0 Å². The summed E-state index contributed by atoms with van der Waals surface area (Å²) in [6.07, 6.45) is 1.14. The first-order valence-corrected chi connectivity index (χ1v) is 5.35. The Morgan fingerprint density at radius 1 is 1.14 bits per heavy atom. The topological polar surface area (TPSA) is 12.0 Å². The van der Waals surface area contributed by atoms with Gasteiger partial charge in [-0.2, -0.15) is 0 Å². The van der Waals surface area contributed by atoms with Gasteiger partial charge in [0.15, 0.2) is 0 Å². The average molecular weight is 191 g/mol. The van der Waals surface area contributed by atoms with Crippen LogP contribution in [0, 0.1) is 20.8 Å². The zero-order chi connectivity index (χ0) is 10.7. The van der Waals surface area contributed by atoms with Gasteiger partial charge in [-0.1, -0.05) is 24.6 Å². The second kappa shape index (κ2) is 4.61. The molecule has 0 aliphatic heterocycles. The van der Waals surface area contributed by atoms with Gasteiger partial charge in [-0.25, -0.2) is 0 Å². The predicted octanol–water partition coefficient (Wildman–Crippen LogP) is 3.28. The summed E-state index contributed by atoms with van der Waals surface area (Å²) in [5.74, 6) is 0. The minimum atomic E-state index is 0.496. The number of aryl methyl sites for hydroxylation is 3. The summed E-state index contributed by atoms with van der Waals surface area (Å²) < 4.78 is 0. The van der Waals surface area contributed by atoms with Gasteiger partial charge in [0.25, 0.3) is 0 Å². The van der Waals surface area contributed by atoms with Crippen molar-refractivity contribution in [1.29, 1.82) is 0 Å². The van der Waals surface area contributed by atoms with Crippen molar-refractivity contribution >= 4 is 0 Å². The third-order valence-corrected chi connectivity index (χ3v) is 2.84. The van der Waals surface area contributed by atoms with Crippen molar-refractivity contribution in [3.8, 4) is 0 Å². The van der Waals surface area contributed by atoms with Crippen LogP contribution in [-0.2, 0) is 0 Å². The number of nitrogens with one attached hydrogen (secondary N) is 1. The van der Waals surface area contributed by atoms with Crippen LogP contribution in [0.3, 0.4) is 0 Å². The molecule has 0 bridgehead atoms. The Labute approximate surface area is 87.5 Å². The molecule has 0 fully saturated rings. The summed E-state index contributed by atoms with van der Waals surface area (Å²) in [6, 6.07) is 5.03. The predicted molar refractivity (Wildman–Crippen MR) is 62.7 cm³/mol. The van der Waals surface area contributed by atoms with Gasteiger partial charge in [-0.3, -0.25) is 0 Å². The first kappa shape index (κ1) is 11.3. The summed E-state index contributed by atoms with van der Waals surface area (Å²) in [5.41, 5.74) is 5.64. The standard InChI is InChI=1S/C13H21N/c1-6-12(14-5)13-10(3)7-9(2)8-11(13)4/h7-8,12,14H,6H2,1-5H3. The molecule has 1 N–H and O–H groups in total. The molecule has 0 aliphatic carbocycles. The SMILES string of the molecule is CCC(NC)c1c(C)cc(C)cc1C. The van der Waals surface area contributed by atoms with E-state index in [9.17, 15) is 0 Å². The Morgan fingerprint density at radius 2 is 1.64 bits per heavy atom. The zero-order valence-corrected chi connectivity index (χ0v) is 9.94. The summed E-state index contributed by atoms with van der Waals surface area (Å²) in [7, 11) is 2.03. The van der Waals surface area contributed by atoms with Crippen LogP contribution < -0.4 is 5.32 Å². The highest BCUT2D eigenvalue weighted by Crippen LogP contribution is 2.25. The second-order valence-corrected chi connectivity index (χ2v) is 4.06. The first-order valence-electron chi connectivity index (χ1n) is 5.35. The van der Waals surface area contributed by atoms with Crippen molar-refractivity contribution in [1.82, 2.24) is 5.32 Å². The van der Waals surface area contributed by atoms with Gasteiger partial charge in [0, 0.05) is 6.04 Å². The van der Waals surface area contributed by atoms with Crippen molar-refractivity contribution in [2.24, 2.45) is 0 Å². The van der Waals surface area contributed by atoms with Crippen LogP contribution in [-0.4, -0.2) is 7.05 Å². The lowest BCUT2D eigenvalue weighted by molar-refractivity contribution is 0.571. The highest BCUT2D eigenvalue weighted by molar-refractivity contribution is 5.39. The summed E-state index contributed by atoms with van der Waals surface area (Å²) >= 11 is 0. The Balaban J connectivity index is 3.19. The zero-order valence-electron chi connectivity index (χ0n) is 9.94. The summed E-state index contributed by atoms with van der Waals surface area (Å²) in [4.78, 5) is 0. The maximum absolute atomic E-state index is 3.37. The van der Waals surface area contributed by atoms with Crippen molar-refractivity contribution < 1.29 is 0 Å². The van der Waals surface area contributed by atoms with Gasteiger partial charge in [0.05, 0.1) is 0 Å². The lowest BCUT2D eigenvalue weighted by Crippen LogP contribution is -2.17. The largest absolute Gasteiger partial charge is 0.313 e. The van der Waals surface area contributed by atoms with Crippen LogP contribution in [0.15, 0.2) is 12.1 Å². The molecule has 0 amide bonds. The Morgan fingerprint density at radius 3 is 2.00 bits per heavy atom. The van der Waals surface area contributed by atoms with Gasteiger partial charge < -0.3 is 5.32 Å². The van der Waals surface area contributed by atoms with Crippen molar-refractivity contribution in [2.45, 2.75) is 40.2 Å². The molecule has 1 aromatic rings. The molecule has 14 heavy (non-hydrogen) atoms. The highest BCUT2D eigenvalue weighted by Gasteiger charge is 2.12. The molecular weight excluding hydrogens is 170 g/mol. The van der Waals surface area contributed by atoms with Crippen LogP contribution >= 0.6 is 0 Å². The molecule has 1 aromatic carbocycles. The van der Waals surface area contributed by atoms with Gasteiger partial charge >= 0.3 is 0 Å². The minimum Gasteiger partial charge on any atom is -0.313 e. The van der Waals surface area contributed by atoms with Crippen LogP contribution in [0.4, 0.5) is 0 Å². The molecule has 0 saturated carbocycles. The molecule has 0 aliphatic rings. The molecule has 0 radical (unpaired) electrons. The van der Waals surface area contributed by atoms with E-state index >= 15 is 0 Å². The molecule has 1 heteroatoms. The van der Waals surface area contributed by atoms with E-state index in [1.54, 1.807) is 0 Å². The summed E-state index contributed by atoms with van der Waals surface area (Å²) in [6.45, 7) is 8.79. The van der Waals surface area contributed by atoms with Crippen molar-refractivity contribution in [3.05, 3.63) is 34.4 Å². The molecule has 0 heterocycles. The number of rotatable bonds is 3. The Bertz CT molecular complexity index is 288. The average Bonchev–Trinajstić information content (AvgIpc) is 2.10. The van der Waals surface area contributed by atoms with E-state index in [2.05, 4.69) is 45.1 Å². The molecule has 1 unspecified atom stereocenters. The third kappa shape index (κ3) is 2.16. The van der Waals surface area contributed by atoms with Crippen LogP contribution in [0.1, 0.15) is 41.6 Å².